The lowest BCUT2D eigenvalue weighted by Crippen LogP contribution is -2.18. The fourth-order valence-corrected chi connectivity index (χ4v) is 1.74. The summed E-state index contributed by atoms with van der Waals surface area (Å²) in [5.41, 5.74) is 2.69. The van der Waals surface area contributed by atoms with E-state index >= 15 is 0 Å². The maximum atomic E-state index is 4.39. The van der Waals surface area contributed by atoms with Crippen molar-refractivity contribution in [1.82, 2.24) is 10.3 Å². The number of pyridine rings is 1. The van der Waals surface area contributed by atoms with Gasteiger partial charge in [0.05, 0.1) is 0 Å². The summed E-state index contributed by atoms with van der Waals surface area (Å²) >= 11 is 0. The highest BCUT2D eigenvalue weighted by Crippen LogP contribution is 2.19. The molecule has 0 aromatic carbocycles. The Balaban J connectivity index is 2.39. The Hall–Kier alpha value is -0.890. The minimum absolute atomic E-state index is 0.608. The lowest BCUT2D eigenvalue weighted by molar-refractivity contribution is 0.644. The molecule has 0 spiro atoms. The smallest absolute Gasteiger partial charge is 0.0451 e. The standard InChI is InChI=1S/C10H14N2/c1-8-7-11-6-4-10-9(8)3-2-5-12-10/h2-3,5,8,11H,4,6-7H2,1H3. The molecular weight excluding hydrogens is 148 g/mol. The summed E-state index contributed by atoms with van der Waals surface area (Å²) in [6.07, 6.45) is 2.96. The van der Waals surface area contributed by atoms with Gasteiger partial charge in [-0.3, -0.25) is 4.98 Å². The predicted molar refractivity (Wildman–Crippen MR) is 49.2 cm³/mol. The Morgan fingerprint density at radius 2 is 2.50 bits per heavy atom. The molecule has 2 nitrogen and oxygen atoms in total. The molecule has 2 heteroatoms. The molecule has 1 aliphatic heterocycles. The Kier molecular flexibility index (Phi) is 2.09. The van der Waals surface area contributed by atoms with E-state index in [2.05, 4.69) is 23.3 Å². The van der Waals surface area contributed by atoms with Gasteiger partial charge < -0.3 is 5.32 Å². The lowest BCUT2D eigenvalue weighted by Gasteiger charge is -2.09. The third-order valence-corrected chi connectivity index (χ3v) is 2.45. The normalized spacial score (nSPS) is 22.9. The largest absolute Gasteiger partial charge is 0.316 e. The SMILES string of the molecule is CC1CNCCc2ncccc21. The molecule has 1 aromatic rings. The van der Waals surface area contributed by atoms with Gasteiger partial charge in [0.15, 0.2) is 0 Å². The van der Waals surface area contributed by atoms with Gasteiger partial charge >= 0.3 is 0 Å². The number of aromatic nitrogens is 1. The molecule has 0 radical (unpaired) electrons. The van der Waals surface area contributed by atoms with Crippen LogP contribution in [-0.4, -0.2) is 18.1 Å². The monoisotopic (exact) mass is 162 g/mol. The summed E-state index contributed by atoms with van der Waals surface area (Å²) in [7, 11) is 0. The maximum Gasteiger partial charge on any atom is 0.0451 e. The van der Waals surface area contributed by atoms with Gasteiger partial charge in [0.2, 0.25) is 0 Å². The number of nitrogens with zero attached hydrogens (tertiary/aromatic N) is 1. The molecule has 0 fully saturated rings. The van der Waals surface area contributed by atoms with Crippen molar-refractivity contribution in [2.24, 2.45) is 0 Å². The van der Waals surface area contributed by atoms with E-state index in [1.807, 2.05) is 12.3 Å². The van der Waals surface area contributed by atoms with Crippen LogP contribution >= 0.6 is 0 Å². The van der Waals surface area contributed by atoms with Crippen LogP contribution in [0.4, 0.5) is 0 Å². The Morgan fingerprint density at radius 3 is 3.42 bits per heavy atom. The number of hydrogen-bond acceptors (Lipinski definition) is 2. The zero-order valence-electron chi connectivity index (χ0n) is 7.38. The van der Waals surface area contributed by atoms with Crippen LogP contribution in [0.3, 0.4) is 0 Å². The molecule has 1 aromatic heterocycles. The van der Waals surface area contributed by atoms with Crippen LogP contribution in [0.25, 0.3) is 0 Å². The van der Waals surface area contributed by atoms with E-state index in [-0.39, 0.29) is 0 Å². The second kappa shape index (κ2) is 3.23. The van der Waals surface area contributed by atoms with Gasteiger partial charge in [-0.1, -0.05) is 13.0 Å². The van der Waals surface area contributed by atoms with E-state index < -0.39 is 0 Å². The minimum Gasteiger partial charge on any atom is -0.316 e. The highest BCUT2D eigenvalue weighted by Gasteiger charge is 2.13. The van der Waals surface area contributed by atoms with Crippen LogP contribution in [0.1, 0.15) is 24.1 Å². The summed E-state index contributed by atoms with van der Waals surface area (Å²) in [5.74, 6) is 0.608. The number of nitrogens with one attached hydrogen (secondary N) is 1. The van der Waals surface area contributed by atoms with Crippen LogP contribution in [0.15, 0.2) is 18.3 Å². The number of hydrogen-bond donors (Lipinski definition) is 1. The third-order valence-electron chi connectivity index (χ3n) is 2.45. The van der Waals surface area contributed by atoms with Gasteiger partial charge in [0.25, 0.3) is 0 Å². The summed E-state index contributed by atoms with van der Waals surface area (Å²) in [6, 6.07) is 4.22. The first-order valence-corrected chi connectivity index (χ1v) is 4.52. The fourth-order valence-electron chi connectivity index (χ4n) is 1.74. The molecule has 2 heterocycles. The molecule has 0 bridgehead atoms. The fraction of sp³-hybridized carbons (Fsp3) is 0.500. The van der Waals surface area contributed by atoms with Gasteiger partial charge in [-0.2, -0.15) is 0 Å². The molecule has 12 heavy (non-hydrogen) atoms. The van der Waals surface area contributed by atoms with Crippen molar-refractivity contribution in [3.8, 4) is 0 Å². The van der Waals surface area contributed by atoms with E-state index in [9.17, 15) is 0 Å². The van der Waals surface area contributed by atoms with Crippen LogP contribution in [0.5, 0.6) is 0 Å². The zero-order chi connectivity index (χ0) is 8.39. The highest BCUT2D eigenvalue weighted by atomic mass is 14.9. The quantitative estimate of drug-likeness (QED) is 0.622. The van der Waals surface area contributed by atoms with E-state index in [0.717, 1.165) is 19.5 Å². The third kappa shape index (κ3) is 1.34. The molecule has 0 aliphatic carbocycles. The zero-order valence-corrected chi connectivity index (χ0v) is 7.38. The van der Waals surface area contributed by atoms with Crippen molar-refractivity contribution in [3.05, 3.63) is 29.6 Å². The molecule has 0 saturated heterocycles. The highest BCUT2D eigenvalue weighted by molar-refractivity contribution is 5.25. The first kappa shape index (κ1) is 7.74. The molecule has 1 N–H and O–H groups in total. The number of rotatable bonds is 0. The molecule has 1 atom stereocenters. The Labute approximate surface area is 73.0 Å². The van der Waals surface area contributed by atoms with Gasteiger partial charge in [0.1, 0.15) is 0 Å². The van der Waals surface area contributed by atoms with Crippen LogP contribution < -0.4 is 5.32 Å². The van der Waals surface area contributed by atoms with Crippen LogP contribution in [0.2, 0.25) is 0 Å². The lowest BCUT2D eigenvalue weighted by atomic mass is 10.00. The molecule has 1 unspecified atom stereocenters. The maximum absolute atomic E-state index is 4.39. The van der Waals surface area contributed by atoms with Gasteiger partial charge in [-0.15, -0.1) is 0 Å². The number of fused-ring (bicyclic) bond motifs is 1. The summed E-state index contributed by atoms with van der Waals surface area (Å²) in [6.45, 7) is 4.39. The first-order chi connectivity index (χ1) is 5.88. The van der Waals surface area contributed by atoms with E-state index in [1.54, 1.807) is 0 Å². The second-order valence-electron chi connectivity index (χ2n) is 3.39. The summed E-state index contributed by atoms with van der Waals surface area (Å²) in [5, 5.41) is 3.40. The molecule has 1 aliphatic rings. The first-order valence-electron chi connectivity index (χ1n) is 4.52. The topological polar surface area (TPSA) is 24.9 Å². The minimum atomic E-state index is 0.608. The average molecular weight is 162 g/mol. The van der Waals surface area contributed by atoms with Crippen molar-refractivity contribution < 1.29 is 0 Å². The average Bonchev–Trinajstić information content (AvgIpc) is 2.29. The second-order valence-corrected chi connectivity index (χ2v) is 3.39. The molecular formula is C10H14N2. The van der Waals surface area contributed by atoms with E-state index in [0.29, 0.717) is 5.92 Å². The van der Waals surface area contributed by atoms with Crippen molar-refractivity contribution in [3.63, 3.8) is 0 Å². The van der Waals surface area contributed by atoms with Crippen molar-refractivity contribution in [2.75, 3.05) is 13.1 Å². The van der Waals surface area contributed by atoms with Crippen LogP contribution in [0, 0.1) is 0 Å². The van der Waals surface area contributed by atoms with Gasteiger partial charge in [0, 0.05) is 31.4 Å². The van der Waals surface area contributed by atoms with Crippen molar-refractivity contribution >= 4 is 0 Å². The summed E-state index contributed by atoms with van der Waals surface area (Å²) < 4.78 is 0. The Bertz CT molecular complexity index is 270. The molecule has 2 rings (SSSR count). The van der Waals surface area contributed by atoms with E-state index in [4.69, 9.17) is 0 Å². The predicted octanol–water partition coefficient (Wildman–Crippen LogP) is 1.33. The van der Waals surface area contributed by atoms with Crippen molar-refractivity contribution in [1.29, 1.82) is 0 Å². The van der Waals surface area contributed by atoms with E-state index in [1.165, 1.54) is 11.3 Å². The van der Waals surface area contributed by atoms with Crippen molar-refractivity contribution in [2.45, 2.75) is 19.3 Å². The molecule has 0 amide bonds. The Morgan fingerprint density at radius 1 is 1.58 bits per heavy atom. The van der Waals surface area contributed by atoms with Crippen LogP contribution in [-0.2, 0) is 6.42 Å². The molecule has 64 valence electrons. The van der Waals surface area contributed by atoms with Gasteiger partial charge in [-0.25, -0.2) is 0 Å². The molecule has 0 saturated carbocycles. The summed E-state index contributed by atoms with van der Waals surface area (Å²) in [4.78, 5) is 4.39. The van der Waals surface area contributed by atoms with Gasteiger partial charge in [-0.05, 0) is 17.5 Å².